The van der Waals surface area contributed by atoms with Crippen molar-refractivity contribution in [2.45, 2.75) is 11.8 Å². The molecule has 3 aromatic carbocycles. The molecule has 0 spiro atoms. The lowest BCUT2D eigenvalue weighted by Gasteiger charge is -2.25. The second kappa shape index (κ2) is 11.1. The number of carbonyl (C=O) groups excluding carboxylic acids is 2. The Labute approximate surface area is 247 Å². The predicted octanol–water partition coefficient (Wildman–Crippen LogP) is 4.37. The first kappa shape index (κ1) is 26.5. The molecule has 2 N–H and O–H groups in total. The fourth-order valence-corrected chi connectivity index (χ4v) is 6.57. The van der Waals surface area contributed by atoms with E-state index in [1.165, 1.54) is 21.3 Å². The molecule has 0 saturated carbocycles. The van der Waals surface area contributed by atoms with Gasteiger partial charge in [0.15, 0.2) is 5.78 Å². The molecule has 0 radical (unpaired) electrons. The number of para-hydroxylation sites is 2. The van der Waals surface area contributed by atoms with Crippen molar-refractivity contribution in [3.63, 3.8) is 0 Å². The molecule has 1 amide bonds. The third-order valence-corrected chi connectivity index (χ3v) is 8.65. The minimum Gasteiger partial charge on any atom is -0.496 e. The van der Waals surface area contributed by atoms with Crippen molar-refractivity contribution in [2.75, 3.05) is 19.4 Å². The van der Waals surface area contributed by atoms with Crippen LogP contribution in [0.3, 0.4) is 0 Å². The van der Waals surface area contributed by atoms with Crippen molar-refractivity contribution in [2.24, 2.45) is 0 Å². The standard InChI is InChI=1S/C29H24IN5O4S/c1-39-25-9-5-3-7-20(25)29-35(27(37)16-40-29)32-14-18(36)13-26-33-23-11-10-17(30)12-21(23)28(38)34(26)24-15-31-22-8-4-2-6-19(22)24/h2-12,15,29,31-32H,13-14,16H2,1H3. The summed E-state index contributed by atoms with van der Waals surface area (Å²) < 4.78 is 7.92. The summed E-state index contributed by atoms with van der Waals surface area (Å²) >= 11 is 3.63. The number of fused-ring (bicyclic) bond motifs is 2. The molecule has 0 aliphatic carbocycles. The SMILES string of the molecule is COc1ccccc1C1SCC(=O)N1NCC(=O)Cc1nc2ccc(I)cc2c(=O)n1-c1c[nH]c2ccccc12. The summed E-state index contributed by atoms with van der Waals surface area (Å²) in [5.41, 5.74) is 5.67. The second-order valence-electron chi connectivity index (χ2n) is 9.27. The van der Waals surface area contributed by atoms with E-state index in [0.717, 1.165) is 20.0 Å². The molecular formula is C29H24IN5O4S. The Morgan fingerprint density at radius 3 is 2.77 bits per heavy atom. The fraction of sp³-hybridized carbons (Fsp3) is 0.172. The number of ether oxygens (including phenoxy) is 1. The fourth-order valence-electron chi connectivity index (χ4n) is 4.92. The minimum atomic E-state index is -0.331. The highest BCUT2D eigenvalue weighted by Gasteiger charge is 2.35. The van der Waals surface area contributed by atoms with E-state index in [1.54, 1.807) is 25.4 Å². The lowest BCUT2D eigenvalue weighted by molar-refractivity contribution is -0.132. The number of carbonyl (C=O) groups is 2. The van der Waals surface area contributed by atoms with Crippen LogP contribution in [0, 0.1) is 3.57 Å². The van der Waals surface area contributed by atoms with E-state index in [-0.39, 0.29) is 41.3 Å². The molecule has 6 rings (SSSR count). The number of H-pyrrole nitrogens is 1. The lowest BCUT2D eigenvalue weighted by atomic mass is 10.2. The molecule has 1 saturated heterocycles. The van der Waals surface area contributed by atoms with Crippen LogP contribution in [0.5, 0.6) is 5.75 Å². The van der Waals surface area contributed by atoms with Gasteiger partial charge in [-0.2, -0.15) is 0 Å². The molecule has 202 valence electrons. The molecule has 1 aliphatic rings. The maximum atomic E-state index is 13.8. The van der Waals surface area contributed by atoms with Gasteiger partial charge < -0.3 is 9.72 Å². The minimum absolute atomic E-state index is 0.0990. The number of thioether (sulfide) groups is 1. The number of hydrogen-bond acceptors (Lipinski definition) is 7. The molecule has 1 fully saturated rings. The monoisotopic (exact) mass is 665 g/mol. The molecule has 1 atom stereocenters. The number of nitrogens with zero attached hydrogens (tertiary/aromatic N) is 3. The number of halogens is 1. The van der Waals surface area contributed by atoms with E-state index in [9.17, 15) is 14.4 Å². The average Bonchev–Trinajstić information content (AvgIpc) is 3.55. The number of nitrogens with one attached hydrogen (secondary N) is 2. The van der Waals surface area contributed by atoms with E-state index >= 15 is 0 Å². The Morgan fingerprint density at radius 1 is 1.12 bits per heavy atom. The van der Waals surface area contributed by atoms with Crippen LogP contribution in [0.4, 0.5) is 0 Å². The van der Waals surface area contributed by atoms with E-state index in [2.05, 4.69) is 33.0 Å². The first-order chi connectivity index (χ1) is 19.4. The maximum absolute atomic E-state index is 13.8. The zero-order valence-corrected chi connectivity index (χ0v) is 24.4. The number of benzene rings is 3. The van der Waals surface area contributed by atoms with Crippen LogP contribution in [0.2, 0.25) is 0 Å². The van der Waals surface area contributed by atoms with Crippen LogP contribution in [-0.2, 0) is 16.0 Å². The van der Waals surface area contributed by atoms with Crippen molar-refractivity contribution in [3.05, 3.63) is 98.2 Å². The number of hydrazine groups is 1. The average molecular weight is 666 g/mol. The summed E-state index contributed by atoms with van der Waals surface area (Å²) in [7, 11) is 1.59. The molecule has 0 bridgehead atoms. The van der Waals surface area contributed by atoms with Crippen LogP contribution < -0.4 is 15.7 Å². The number of hydrogen-bond donors (Lipinski definition) is 2. The highest BCUT2D eigenvalue weighted by Crippen LogP contribution is 2.41. The van der Waals surface area contributed by atoms with Crippen LogP contribution in [0.1, 0.15) is 16.8 Å². The smallest absolute Gasteiger partial charge is 0.266 e. The number of aromatic nitrogens is 3. The maximum Gasteiger partial charge on any atom is 0.266 e. The largest absolute Gasteiger partial charge is 0.496 e. The van der Waals surface area contributed by atoms with Gasteiger partial charge in [0.1, 0.15) is 16.9 Å². The van der Waals surface area contributed by atoms with Crippen molar-refractivity contribution in [1.29, 1.82) is 0 Å². The van der Waals surface area contributed by atoms with Gasteiger partial charge in [-0.15, -0.1) is 11.8 Å². The topological polar surface area (TPSA) is 109 Å². The van der Waals surface area contributed by atoms with Crippen molar-refractivity contribution < 1.29 is 14.3 Å². The first-order valence-corrected chi connectivity index (χ1v) is 14.7. The number of methoxy groups -OCH3 is 1. The van der Waals surface area contributed by atoms with Gasteiger partial charge in [0, 0.05) is 26.2 Å². The van der Waals surface area contributed by atoms with Gasteiger partial charge >= 0.3 is 0 Å². The van der Waals surface area contributed by atoms with Gasteiger partial charge in [0.25, 0.3) is 5.56 Å². The first-order valence-electron chi connectivity index (χ1n) is 12.5. The Balaban J connectivity index is 1.31. The van der Waals surface area contributed by atoms with Gasteiger partial charge in [-0.05, 0) is 52.9 Å². The summed E-state index contributed by atoms with van der Waals surface area (Å²) in [5, 5.41) is 2.48. The molecule has 11 heteroatoms. The summed E-state index contributed by atoms with van der Waals surface area (Å²) in [5.74, 6) is 0.954. The summed E-state index contributed by atoms with van der Waals surface area (Å²) in [4.78, 5) is 47.8. The van der Waals surface area contributed by atoms with Crippen LogP contribution in [-0.4, -0.2) is 50.6 Å². The van der Waals surface area contributed by atoms with Crippen molar-refractivity contribution in [1.82, 2.24) is 25.0 Å². The highest BCUT2D eigenvalue weighted by atomic mass is 127. The Kier molecular flexibility index (Phi) is 7.34. The second-order valence-corrected chi connectivity index (χ2v) is 11.6. The molecule has 2 aromatic heterocycles. The van der Waals surface area contributed by atoms with Crippen LogP contribution in [0.25, 0.3) is 27.5 Å². The van der Waals surface area contributed by atoms with Crippen molar-refractivity contribution in [3.8, 4) is 11.4 Å². The highest BCUT2D eigenvalue weighted by molar-refractivity contribution is 14.1. The molecule has 9 nitrogen and oxygen atoms in total. The Bertz CT molecular complexity index is 1830. The summed E-state index contributed by atoms with van der Waals surface area (Å²) in [6.45, 7) is -0.105. The number of amides is 1. The van der Waals surface area contributed by atoms with E-state index in [1.807, 2.05) is 54.6 Å². The molecular weight excluding hydrogens is 641 g/mol. The summed E-state index contributed by atoms with van der Waals surface area (Å²) in [6.07, 6.45) is 1.66. The number of Topliss-reactive ketones (excluding diaryl/α,β-unsaturated/α-hetero) is 1. The van der Waals surface area contributed by atoms with E-state index < -0.39 is 0 Å². The van der Waals surface area contributed by atoms with Gasteiger partial charge in [-0.1, -0.05) is 36.4 Å². The molecule has 1 unspecified atom stereocenters. The molecule has 5 aromatic rings. The third kappa shape index (κ3) is 4.88. The van der Waals surface area contributed by atoms with Crippen molar-refractivity contribution >= 4 is 67.8 Å². The van der Waals surface area contributed by atoms with Gasteiger partial charge in [0.05, 0.1) is 42.4 Å². The molecule has 40 heavy (non-hydrogen) atoms. The third-order valence-electron chi connectivity index (χ3n) is 6.78. The summed E-state index contributed by atoms with van der Waals surface area (Å²) in [6, 6.07) is 20.7. The lowest BCUT2D eigenvalue weighted by Crippen LogP contribution is -2.44. The van der Waals surface area contributed by atoms with Gasteiger partial charge in [0.2, 0.25) is 5.91 Å². The quantitative estimate of drug-likeness (QED) is 0.237. The number of ketones is 1. The zero-order valence-electron chi connectivity index (χ0n) is 21.4. The number of rotatable bonds is 8. The predicted molar refractivity (Wildman–Crippen MR) is 164 cm³/mol. The van der Waals surface area contributed by atoms with Gasteiger partial charge in [-0.3, -0.25) is 24.0 Å². The zero-order chi connectivity index (χ0) is 27.8. The van der Waals surface area contributed by atoms with E-state index in [0.29, 0.717) is 28.2 Å². The van der Waals surface area contributed by atoms with E-state index in [4.69, 9.17) is 9.72 Å². The molecule has 1 aliphatic heterocycles. The van der Waals surface area contributed by atoms with Crippen LogP contribution >= 0.6 is 34.4 Å². The normalized spacial score (nSPS) is 15.3. The van der Waals surface area contributed by atoms with Gasteiger partial charge in [-0.25, -0.2) is 10.4 Å². The van der Waals surface area contributed by atoms with Crippen LogP contribution in [0.15, 0.2) is 77.7 Å². The molecule has 3 heterocycles. The Morgan fingerprint density at radius 2 is 1.93 bits per heavy atom. The Hall–Kier alpha value is -3.68. The number of aromatic amines is 1.